The van der Waals surface area contributed by atoms with E-state index in [1.54, 1.807) is 36.7 Å². The summed E-state index contributed by atoms with van der Waals surface area (Å²) >= 11 is 0. The maximum Gasteiger partial charge on any atom is 0.306 e. The van der Waals surface area contributed by atoms with Crippen molar-refractivity contribution in [1.29, 1.82) is 0 Å². The number of anilines is 2. The van der Waals surface area contributed by atoms with Crippen LogP contribution in [0.25, 0.3) is 0 Å². The van der Waals surface area contributed by atoms with Gasteiger partial charge in [0.2, 0.25) is 5.91 Å². The first kappa shape index (κ1) is 18.6. The lowest BCUT2D eigenvalue weighted by Crippen LogP contribution is -2.22. The van der Waals surface area contributed by atoms with Gasteiger partial charge in [0.15, 0.2) is 0 Å². The summed E-state index contributed by atoms with van der Waals surface area (Å²) in [5, 5.41) is 14.7. The second-order valence-corrected chi connectivity index (χ2v) is 6.75. The number of carbonyl (C=O) groups excluding carboxylic acids is 2. The molecule has 0 spiro atoms. The lowest BCUT2D eigenvalue weighted by Gasteiger charge is -2.14. The minimum atomic E-state index is -0.846. The quantitative estimate of drug-likeness (QED) is 0.752. The van der Waals surface area contributed by atoms with Gasteiger partial charge in [-0.15, -0.1) is 0 Å². The first-order valence-corrected chi connectivity index (χ1v) is 8.79. The Morgan fingerprint density at radius 1 is 1.04 bits per heavy atom. The number of hydrogen-bond acceptors (Lipinski definition) is 4. The van der Waals surface area contributed by atoms with Crippen LogP contribution >= 0.6 is 0 Å². The van der Waals surface area contributed by atoms with Gasteiger partial charge in [-0.2, -0.15) is 0 Å². The molecular weight excluding hydrogens is 346 g/mol. The van der Waals surface area contributed by atoms with E-state index in [1.165, 1.54) is 0 Å². The van der Waals surface area contributed by atoms with Gasteiger partial charge in [0.1, 0.15) is 0 Å². The summed E-state index contributed by atoms with van der Waals surface area (Å²) in [5.74, 6) is -2.05. The smallest absolute Gasteiger partial charge is 0.306 e. The molecule has 1 heterocycles. The van der Waals surface area contributed by atoms with E-state index in [2.05, 4.69) is 15.6 Å². The number of nitrogens with one attached hydrogen (secondary N) is 2. The lowest BCUT2D eigenvalue weighted by molar-refractivity contribution is -0.141. The minimum absolute atomic E-state index is 0.186. The molecule has 140 valence electrons. The number of benzene rings is 1. The van der Waals surface area contributed by atoms with Crippen LogP contribution in [-0.4, -0.2) is 27.9 Å². The fraction of sp³-hybridized carbons (Fsp3) is 0.300. The zero-order chi connectivity index (χ0) is 19.4. The fourth-order valence-electron chi connectivity index (χ4n) is 3.22. The molecule has 1 aliphatic rings. The van der Waals surface area contributed by atoms with E-state index in [-0.39, 0.29) is 17.7 Å². The SMILES string of the molecule is Cc1ccc(NC(=O)[C@@H]2CC[C@H](C(=O)O)C2)cc1NC(=O)c1ccncc1. The molecule has 3 rings (SSSR count). The number of carboxylic acids is 1. The van der Waals surface area contributed by atoms with Crippen LogP contribution in [0, 0.1) is 18.8 Å². The first-order chi connectivity index (χ1) is 12.9. The molecule has 1 aromatic carbocycles. The van der Waals surface area contributed by atoms with Crippen molar-refractivity contribution in [2.24, 2.45) is 11.8 Å². The Bertz CT molecular complexity index is 867. The Labute approximate surface area is 156 Å². The van der Waals surface area contributed by atoms with E-state index in [9.17, 15) is 14.4 Å². The van der Waals surface area contributed by atoms with Crippen LogP contribution in [0.4, 0.5) is 11.4 Å². The predicted octanol–water partition coefficient (Wildman–Crippen LogP) is 3.08. The number of aryl methyl sites for hydroxylation is 1. The summed E-state index contributed by atoms with van der Waals surface area (Å²) in [4.78, 5) is 39.7. The molecule has 0 saturated heterocycles. The zero-order valence-electron chi connectivity index (χ0n) is 14.9. The Morgan fingerprint density at radius 2 is 1.74 bits per heavy atom. The highest BCUT2D eigenvalue weighted by Gasteiger charge is 2.33. The molecule has 2 atom stereocenters. The summed E-state index contributed by atoms with van der Waals surface area (Å²) < 4.78 is 0. The highest BCUT2D eigenvalue weighted by Crippen LogP contribution is 2.32. The van der Waals surface area contributed by atoms with E-state index < -0.39 is 11.9 Å². The molecule has 27 heavy (non-hydrogen) atoms. The van der Waals surface area contributed by atoms with Gasteiger partial charge in [-0.25, -0.2) is 0 Å². The number of carboxylic acid groups (broad SMARTS) is 1. The molecule has 0 radical (unpaired) electrons. The van der Waals surface area contributed by atoms with Crippen LogP contribution in [0.15, 0.2) is 42.7 Å². The van der Waals surface area contributed by atoms with Crippen molar-refractivity contribution in [2.75, 3.05) is 10.6 Å². The molecule has 1 saturated carbocycles. The third-order valence-electron chi connectivity index (χ3n) is 4.85. The first-order valence-electron chi connectivity index (χ1n) is 8.79. The molecule has 3 N–H and O–H groups in total. The van der Waals surface area contributed by atoms with Gasteiger partial charge in [-0.1, -0.05) is 6.07 Å². The van der Waals surface area contributed by atoms with Crippen molar-refractivity contribution in [2.45, 2.75) is 26.2 Å². The van der Waals surface area contributed by atoms with Gasteiger partial charge >= 0.3 is 5.97 Å². The monoisotopic (exact) mass is 367 g/mol. The van der Waals surface area contributed by atoms with Crippen molar-refractivity contribution in [3.8, 4) is 0 Å². The molecular formula is C20H21N3O4. The topological polar surface area (TPSA) is 108 Å². The lowest BCUT2D eigenvalue weighted by atomic mass is 10.0. The molecule has 0 unspecified atom stereocenters. The van der Waals surface area contributed by atoms with Gasteiger partial charge in [0, 0.05) is 35.2 Å². The normalized spacial score (nSPS) is 18.7. The molecule has 7 nitrogen and oxygen atoms in total. The maximum absolute atomic E-state index is 12.4. The van der Waals surface area contributed by atoms with Crippen LogP contribution < -0.4 is 10.6 Å². The average molecular weight is 367 g/mol. The highest BCUT2D eigenvalue weighted by molar-refractivity contribution is 6.05. The third-order valence-corrected chi connectivity index (χ3v) is 4.85. The fourth-order valence-corrected chi connectivity index (χ4v) is 3.22. The summed E-state index contributed by atoms with van der Waals surface area (Å²) in [6.07, 6.45) is 4.54. The van der Waals surface area contributed by atoms with Crippen molar-refractivity contribution in [3.05, 3.63) is 53.9 Å². The Kier molecular flexibility index (Phi) is 5.49. The van der Waals surface area contributed by atoms with E-state index in [1.807, 2.05) is 13.0 Å². The molecule has 7 heteroatoms. The Balaban J connectivity index is 1.67. The minimum Gasteiger partial charge on any atom is -0.481 e. The Hall–Kier alpha value is -3.22. The summed E-state index contributed by atoms with van der Waals surface area (Å²) in [6, 6.07) is 8.52. The number of aromatic nitrogens is 1. The van der Waals surface area contributed by atoms with E-state index in [0.29, 0.717) is 36.2 Å². The Morgan fingerprint density at radius 3 is 2.41 bits per heavy atom. The average Bonchev–Trinajstić information content (AvgIpc) is 3.16. The predicted molar refractivity (Wildman–Crippen MR) is 100 cm³/mol. The van der Waals surface area contributed by atoms with Crippen LogP contribution in [0.5, 0.6) is 0 Å². The van der Waals surface area contributed by atoms with Crippen molar-refractivity contribution in [3.63, 3.8) is 0 Å². The van der Waals surface area contributed by atoms with Crippen molar-refractivity contribution >= 4 is 29.2 Å². The standard InChI is InChI=1S/C20H21N3O4/c1-12-2-5-16(22-19(25)14-3-4-15(10-14)20(26)27)11-17(12)23-18(24)13-6-8-21-9-7-13/h2,5-9,11,14-15H,3-4,10H2,1H3,(H,22,25)(H,23,24)(H,26,27)/t14-,15+/m1/s1. The summed E-state index contributed by atoms with van der Waals surface area (Å²) in [7, 11) is 0. The molecule has 1 aliphatic carbocycles. The highest BCUT2D eigenvalue weighted by atomic mass is 16.4. The molecule has 0 bridgehead atoms. The van der Waals surface area contributed by atoms with E-state index in [4.69, 9.17) is 5.11 Å². The summed E-state index contributed by atoms with van der Waals surface area (Å²) in [5.41, 5.74) is 2.52. The van der Waals surface area contributed by atoms with Gasteiger partial charge in [0.25, 0.3) is 5.91 Å². The number of nitrogens with zero attached hydrogens (tertiary/aromatic N) is 1. The molecule has 1 aromatic heterocycles. The molecule has 0 aliphatic heterocycles. The van der Waals surface area contributed by atoms with Crippen LogP contribution in [0.1, 0.15) is 35.2 Å². The van der Waals surface area contributed by atoms with E-state index >= 15 is 0 Å². The molecule has 1 fully saturated rings. The second kappa shape index (κ2) is 7.99. The third kappa shape index (κ3) is 4.49. The van der Waals surface area contributed by atoms with Gasteiger partial charge in [-0.05, 0) is 56.0 Å². The number of aliphatic carboxylic acids is 1. The summed E-state index contributed by atoms with van der Waals surface area (Å²) in [6.45, 7) is 1.86. The number of carbonyl (C=O) groups is 3. The van der Waals surface area contributed by atoms with Crippen LogP contribution in [0.2, 0.25) is 0 Å². The molecule has 2 aromatic rings. The number of pyridine rings is 1. The number of rotatable bonds is 5. The molecule has 2 amide bonds. The van der Waals surface area contributed by atoms with E-state index in [0.717, 1.165) is 5.56 Å². The maximum atomic E-state index is 12.4. The van der Waals surface area contributed by atoms with Gasteiger partial charge in [-0.3, -0.25) is 19.4 Å². The van der Waals surface area contributed by atoms with Gasteiger partial charge < -0.3 is 15.7 Å². The number of amides is 2. The second-order valence-electron chi connectivity index (χ2n) is 6.75. The largest absolute Gasteiger partial charge is 0.481 e. The van der Waals surface area contributed by atoms with Crippen LogP contribution in [0.3, 0.4) is 0 Å². The van der Waals surface area contributed by atoms with Crippen molar-refractivity contribution in [1.82, 2.24) is 4.98 Å². The van der Waals surface area contributed by atoms with Crippen molar-refractivity contribution < 1.29 is 19.5 Å². The van der Waals surface area contributed by atoms with Crippen LogP contribution in [-0.2, 0) is 9.59 Å². The number of hydrogen-bond donors (Lipinski definition) is 3. The zero-order valence-corrected chi connectivity index (χ0v) is 14.9. The van der Waals surface area contributed by atoms with Gasteiger partial charge in [0.05, 0.1) is 5.92 Å².